The number of ether oxygens (including phenoxy) is 6. The lowest BCUT2D eigenvalue weighted by Gasteiger charge is -2.14. The zero-order chi connectivity index (χ0) is 21.6. The summed E-state index contributed by atoms with van der Waals surface area (Å²) in [7, 11) is 0. The third kappa shape index (κ3) is 17.4. The molecular weight excluding hydrogens is 380 g/mol. The van der Waals surface area contributed by atoms with Crippen molar-refractivity contribution in [1.82, 2.24) is 0 Å². The Bertz CT molecular complexity index is 355. The number of esters is 2. The first-order valence-electron chi connectivity index (χ1n) is 10.8. The minimum Gasteiger partial charge on any atom is -0.463 e. The normalized spacial score (nSPS) is 11.0. The van der Waals surface area contributed by atoms with Crippen molar-refractivity contribution in [1.29, 1.82) is 0 Å². The van der Waals surface area contributed by atoms with Crippen molar-refractivity contribution in [3.63, 3.8) is 0 Å². The van der Waals surface area contributed by atoms with Crippen LogP contribution < -0.4 is 0 Å². The van der Waals surface area contributed by atoms with Gasteiger partial charge in [-0.1, -0.05) is 33.6 Å². The fraction of sp³-hybridized carbons (Fsp3) is 0.905. The number of hydrogen-bond acceptors (Lipinski definition) is 8. The molecule has 0 bridgehead atoms. The molecule has 0 atom stereocenters. The topological polar surface area (TPSA) is 89.5 Å². The van der Waals surface area contributed by atoms with Crippen LogP contribution in [0.15, 0.2) is 0 Å². The van der Waals surface area contributed by atoms with Gasteiger partial charge in [0, 0.05) is 13.2 Å². The van der Waals surface area contributed by atoms with Gasteiger partial charge in [-0.2, -0.15) is 0 Å². The molecule has 172 valence electrons. The maximum absolute atomic E-state index is 12.0. The molecule has 0 aliphatic carbocycles. The molecule has 0 fully saturated rings. The molecule has 0 amide bonds. The molecule has 8 heteroatoms. The molecule has 0 radical (unpaired) electrons. The van der Waals surface area contributed by atoms with E-state index in [1.807, 2.05) is 0 Å². The predicted octanol–water partition coefficient (Wildman–Crippen LogP) is 2.77. The van der Waals surface area contributed by atoms with Gasteiger partial charge >= 0.3 is 11.9 Å². The van der Waals surface area contributed by atoms with E-state index in [2.05, 4.69) is 13.8 Å². The summed E-state index contributed by atoms with van der Waals surface area (Å²) in [6.07, 6.45) is 4.57. The van der Waals surface area contributed by atoms with Crippen LogP contribution in [0.3, 0.4) is 0 Å². The summed E-state index contributed by atoms with van der Waals surface area (Å²) in [6.45, 7) is 10.1. The summed E-state index contributed by atoms with van der Waals surface area (Å²) in [6, 6.07) is 0. The highest BCUT2D eigenvalue weighted by molar-refractivity contribution is 5.94. The largest absolute Gasteiger partial charge is 0.463 e. The van der Waals surface area contributed by atoms with Crippen LogP contribution in [0.25, 0.3) is 0 Å². The second kappa shape index (κ2) is 21.5. The highest BCUT2D eigenvalue weighted by Crippen LogP contribution is 2.08. The Balaban J connectivity index is 3.69. The fourth-order valence-electron chi connectivity index (χ4n) is 2.17. The summed E-state index contributed by atoms with van der Waals surface area (Å²) in [5.41, 5.74) is 0. The first kappa shape index (κ1) is 27.8. The molecule has 0 heterocycles. The smallest absolute Gasteiger partial charge is 0.320 e. The molecule has 0 aromatic heterocycles. The lowest BCUT2D eigenvalue weighted by molar-refractivity contribution is -0.164. The summed E-state index contributed by atoms with van der Waals surface area (Å²) in [5, 5.41) is 0. The van der Waals surface area contributed by atoms with E-state index < -0.39 is 17.9 Å². The van der Waals surface area contributed by atoms with Crippen LogP contribution in [-0.2, 0) is 38.0 Å². The van der Waals surface area contributed by atoms with Crippen LogP contribution in [0, 0.1) is 5.92 Å². The molecule has 29 heavy (non-hydrogen) atoms. The third-order valence-corrected chi connectivity index (χ3v) is 3.95. The van der Waals surface area contributed by atoms with Crippen LogP contribution >= 0.6 is 0 Å². The maximum atomic E-state index is 12.0. The van der Waals surface area contributed by atoms with E-state index in [0.29, 0.717) is 32.8 Å². The van der Waals surface area contributed by atoms with E-state index in [4.69, 9.17) is 28.4 Å². The molecular formula is C21H40O8. The Hall–Kier alpha value is -1.22. The second-order valence-electron chi connectivity index (χ2n) is 6.45. The Labute approximate surface area is 175 Å². The van der Waals surface area contributed by atoms with Gasteiger partial charge in [0.05, 0.1) is 39.6 Å². The molecule has 0 rings (SSSR count). The lowest BCUT2D eigenvalue weighted by atomic mass is 10.1. The molecule has 0 saturated carbocycles. The number of rotatable bonds is 21. The van der Waals surface area contributed by atoms with E-state index in [1.165, 1.54) is 0 Å². The van der Waals surface area contributed by atoms with Gasteiger partial charge in [-0.25, -0.2) is 0 Å². The zero-order valence-corrected chi connectivity index (χ0v) is 18.4. The zero-order valence-electron chi connectivity index (χ0n) is 18.4. The Morgan fingerprint density at radius 1 is 0.552 bits per heavy atom. The molecule has 0 aliphatic heterocycles. The molecule has 0 aromatic rings. The van der Waals surface area contributed by atoms with Crippen molar-refractivity contribution in [2.45, 2.75) is 52.9 Å². The predicted molar refractivity (Wildman–Crippen MR) is 109 cm³/mol. The van der Waals surface area contributed by atoms with Crippen molar-refractivity contribution in [3.8, 4) is 0 Å². The Kier molecular flexibility index (Phi) is 20.6. The summed E-state index contributed by atoms with van der Waals surface area (Å²) < 4.78 is 31.6. The van der Waals surface area contributed by atoms with Gasteiger partial charge in [-0.15, -0.1) is 0 Å². The van der Waals surface area contributed by atoms with Crippen LogP contribution in [0.2, 0.25) is 0 Å². The highest BCUT2D eigenvalue weighted by atomic mass is 16.6. The molecule has 0 unspecified atom stereocenters. The highest BCUT2D eigenvalue weighted by Gasteiger charge is 2.27. The minimum absolute atomic E-state index is 0.0959. The molecule has 0 saturated heterocycles. The van der Waals surface area contributed by atoms with Gasteiger partial charge < -0.3 is 28.4 Å². The molecule has 8 nitrogen and oxygen atoms in total. The van der Waals surface area contributed by atoms with Gasteiger partial charge in [0.15, 0.2) is 5.92 Å². The Morgan fingerprint density at radius 3 is 1.24 bits per heavy atom. The average Bonchev–Trinajstić information content (AvgIpc) is 2.72. The van der Waals surface area contributed by atoms with E-state index in [1.54, 1.807) is 6.92 Å². The van der Waals surface area contributed by atoms with E-state index >= 15 is 0 Å². The van der Waals surface area contributed by atoms with Crippen LogP contribution in [-0.4, -0.2) is 78.0 Å². The molecule has 0 spiro atoms. The monoisotopic (exact) mass is 420 g/mol. The number of carbonyl (C=O) groups excluding carboxylic acids is 2. The average molecular weight is 421 g/mol. The van der Waals surface area contributed by atoms with E-state index in [9.17, 15) is 9.59 Å². The van der Waals surface area contributed by atoms with Crippen molar-refractivity contribution in [2.75, 3.05) is 66.1 Å². The van der Waals surface area contributed by atoms with Crippen LogP contribution in [0.1, 0.15) is 52.9 Å². The van der Waals surface area contributed by atoms with Gasteiger partial charge in [-0.3, -0.25) is 9.59 Å². The minimum atomic E-state index is -0.926. The first-order valence-corrected chi connectivity index (χ1v) is 10.8. The number of hydrogen-bond donors (Lipinski definition) is 0. The second-order valence-corrected chi connectivity index (χ2v) is 6.45. The molecule has 0 aliphatic rings. The lowest BCUT2D eigenvalue weighted by Crippen LogP contribution is -2.29. The van der Waals surface area contributed by atoms with Gasteiger partial charge in [0.25, 0.3) is 0 Å². The van der Waals surface area contributed by atoms with Gasteiger partial charge in [0.1, 0.15) is 13.2 Å². The summed E-state index contributed by atoms with van der Waals surface area (Å²) >= 11 is 0. The third-order valence-electron chi connectivity index (χ3n) is 3.95. The van der Waals surface area contributed by atoms with Crippen LogP contribution in [0.5, 0.6) is 0 Å². The molecule has 0 N–H and O–H groups in total. The standard InChI is InChI=1S/C21H40O8/c1-4-7-9-24-11-13-26-15-17-28-20(22)19(6-3)21(23)29-18-16-27-14-12-25-10-8-5-2/h19H,4-18H2,1-3H3. The van der Waals surface area contributed by atoms with Crippen molar-refractivity contribution in [3.05, 3.63) is 0 Å². The van der Waals surface area contributed by atoms with Crippen molar-refractivity contribution in [2.24, 2.45) is 5.92 Å². The van der Waals surface area contributed by atoms with Crippen molar-refractivity contribution >= 4 is 11.9 Å². The van der Waals surface area contributed by atoms with E-state index in [-0.39, 0.29) is 26.4 Å². The first-order chi connectivity index (χ1) is 14.2. The number of unbranched alkanes of at least 4 members (excludes halogenated alkanes) is 2. The quantitative estimate of drug-likeness (QED) is 0.159. The number of carbonyl (C=O) groups is 2. The van der Waals surface area contributed by atoms with Crippen LogP contribution in [0.4, 0.5) is 0 Å². The Morgan fingerprint density at radius 2 is 0.897 bits per heavy atom. The van der Waals surface area contributed by atoms with E-state index in [0.717, 1.165) is 38.9 Å². The summed E-state index contributed by atoms with van der Waals surface area (Å²) in [5.74, 6) is -2.11. The van der Waals surface area contributed by atoms with Gasteiger partial charge in [0.2, 0.25) is 0 Å². The SMILES string of the molecule is CCCCOCCOCCOC(=O)C(CC)C(=O)OCCOCCOCCCC. The van der Waals surface area contributed by atoms with Gasteiger partial charge in [-0.05, 0) is 19.3 Å². The summed E-state index contributed by atoms with van der Waals surface area (Å²) in [4.78, 5) is 24.1. The fourth-order valence-corrected chi connectivity index (χ4v) is 2.17. The molecule has 0 aromatic carbocycles. The maximum Gasteiger partial charge on any atom is 0.320 e. The van der Waals surface area contributed by atoms with Crippen molar-refractivity contribution < 1.29 is 38.0 Å².